The first kappa shape index (κ1) is 15.6. The van der Waals surface area contributed by atoms with E-state index in [4.69, 9.17) is 5.11 Å². The molecular formula is C15H22N2O4. The molecule has 0 spiro atoms. The standard InChI is InChI=1S/C15H22N2O4/c1-9-11(10(2)16-12(9)14(19)20)13(18)17(3)8-15(21)6-4-5-7-15/h16,21H,4-8H2,1-3H3,(H,19,20). The predicted octanol–water partition coefficient (Wildman–Crippen LogP) is 1.71. The van der Waals surface area contributed by atoms with Crippen molar-refractivity contribution in [3.8, 4) is 0 Å². The van der Waals surface area contributed by atoms with Crippen molar-refractivity contribution in [3.05, 3.63) is 22.5 Å². The molecule has 0 atom stereocenters. The Bertz CT molecular complexity index is 570. The highest BCUT2D eigenvalue weighted by atomic mass is 16.4. The van der Waals surface area contributed by atoms with Crippen molar-refractivity contribution in [2.75, 3.05) is 13.6 Å². The van der Waals surface area contributed by atoms with Crippen LogP contribution in [-0.2, 0) is 0 Å². The maximum absolute atomic E-state index is 12.6. The number of carboxylic acids is 1. The Balaban J connectivity index is 2.21. The van der Waals surface area contributed by atoms with Crippen LogP contribution in [0.3, 0.4) is 0 Å². The van der Waals surface area contributed by atoms with Gasteiger partial charge < -0.3 is 20.1 Å². The van der Waals surface area contributed by atoms with Gasteiger partial charge in [0.2, 0.25) is 0 Å². The Morgan fingerprint density at radius 2 is 1.86 bits per heavy atom. The van der Waals surface area contributed by atoms with Gasteiger partial charge in [0.05, 0.1) is 11.2 Å². The van der Waals surface area contributed by atoms with Crippen LogP contribution in [0.5, 0.6) is 0 Å². The molecule has 1 aliphatic rings. The lowest BCUT2D eigenvalue weighted by molar-refractivity contribution is 0.0156. The van der Waals surface area contributed by atoms with Crippen LogP contribution in [0, 0.1) is 13.8 Å². The van der Waals surface area contributed by atoms with Gasteiger partial charge in [-0.1, -0.05) is 12.8 Å². The molecule has 1 aliphatic carbocycles. The van der Waals surface area contributed by atoms with Crippen molar-refractivity contribution in [1.29, 1.82) is 0 Å². The maximum Gasteiger partial charge on any atom is 0.352 e. The van der Waals surface area contributed by atoms with E-state index in [0.717, 1.165) is 12.8 Å². The number of rotatable bonds is 4. The van der Waals surface area contributed by atoms with Crippen molar-refractivity contribution < 1.29 is 19.8 Å². The molecule has 1 saturated carbocycles. The lowest BCUT2D eigenvalue weighted by Crippen LogP contribution is -2.42. The summed E-state index contributed by atoms with van der Waals surface area (Å²) in [7, 11) is 1.64. The molecule has 0 aromatic carbocycles. The molecule has 1 heterocycles. The molecule has 1 fully saturated rings. The van der Waals surface area contributed by atoms with Crippen molar-refractivity contribution >= 4 is 11.9 Å². The summed E-state index contributed by atoms with van der Waals surface area (Å²) in [5, 5.41) is 19.5. The molecule has 1 amide bonds. The molecule has 21 heavy (non-hydrogen) atoms. The second-order valence-electron chi connectivity index (χ2n) is 6.02. The number of aromatic carboxylic acids is 1. The molecule has 3 N–H and O–H groups in total. The molecule has 1 aromatic rings. The maximum atomic E-state index is 12.6. The first-order chi connectivity index (χ1) is 9.75. The fourth-order valence-corrected chi connectivity index (χ4v) is 3.18. The van der Waals surface area contributed by atoms with E-state index >= 15 is 0 Å². The molecular weight excluding hydrogens is 272 g/mol. The molecule has 0 aliphatic heterocycles. The summed E-state index contributed by atoms with van der Waals surface area (Å²) < 4.78 is 0. The van der Waals surface area contributed by atoms with Crippen LogP contribution >= 0.6 is 0 Å². The average molecular weight is 294 g/mol. The summed E-state index contributed by atoms with van der Waals surface area (Å²) >= 11 is 0. The number of aromatic amines is 1. The quantitative estimate of drug-likeness (QED) is 0.788. The highest BCUT2D eigenvalue weighted by Crippen LogP contribution is 2.30. The van der Waals surface area contributed by atoms with Crippen molar-refractivity contribution in [1.82, 2.24) is 9.88 Å². The van der Waals surface area contributed by atoms with E-state index in [1.54, 1.807) is 20.9 Å². The number of H-pyrrole nitrogens is 1. The Labute approximate surface area is 123 Å². The summed E-state index contributed by atoms with van der Waals surface area (Å²) in [4.78, 5) is 27.9. The number of nitrogens with zero attached hydrogens (tertiary/aromatic N) is 1. The van der Waals surface area contributed by atoms with E-state index in [1.165, 1.54) is 4.90 Å². The van der Waals surface area contributed by atoms with E-state index in [-0.39, 0.29) is 18.1 Å². The number of hydrogen-bond acceptors (Lipinski definition) is 3. The number of aryl methyl sites for hydroxylation is 1. The first-order valence-corrected chi connectivity index (χ1v) is 7.15. The fourth-order valence-electron chi connectivity index (χ4n) is 3.18. The van der Waals surface area contributed by atoms with Crippen LogP contribution in [0.1, 0.15) is 57.8 Å². The van der Waals surface area contributed by atoms with Crippen LogP contribution in [0.25, 0.3) is 0 Å². The predicted molar refractivity (Wildman–Crippen MR) is 77.6 cm³/mol. The summed E-state index contributed by atoms with van der Waals surface area (Å²) in [6.07, 6.45) is 3.36. The molecule has 0 unspecified atom stereocenters. The topological polar surface area (TPSA) is 93.6 Å². The summed E-state index contributed by atoms with van der Waals surface area (Å²) in [6.45, 7) is 3.58. The van der Waals surface area contributed by atoms with Crippen LogP contribution in [0.15, 0.2) is 0 Å². The third kappa shape index (κ3) is 2.95. The minimum atomic E-state index is -1.08. The molecule has 2 rings (SSSR count). The van der Waals surface area contributed by atoms with Gasteiger partial charge in [-0.3, -0.25) is 4.79 Å². The second kappa shape index (κ2) is 5.52. The SMILES string of the molecule is Cc1[nH]c(C(=O)O)c(C)c1C(=O)N(C)CC1(O)CCCC1. The molecule has 0 saturated heterocycles. The number of nitrogens with one attached hydrogen (secondary N) is 1. The van der Waals surface area contributed by atoms with Gasteiger partial charge in [0.1, 0.15) is 5.69 Å². The largest absolute Gasteiger partial charge is 0.477 e. The Hall–Kier alpha value is -1.82. The normalized spacial score (nSPS) is 17.0. The molecule has 0 bridgehead atoms. The lowest BCUT2D eigenvalue weighted by atomic mass is 10.0. The Morgan fingerprint density at radius 1 is 1.29 bits per heavy atom. The van der Waals surface area contributed by atoms with Gasteiger partial charge in [-0.2, -0.15) is 0 Å². The number of carbonyl (C=O) groups excluding carboxylic acids is 1. The molecule has 0 radical (unpaired) electrons. The van der Waals surface area contributed by atoms with Gasteiger partial charge in [-0.25, -0.2) is 4.79 Å². The summed E-state index contributed by atoms with van der Waals surface area (Å²) in [5.74, 6) is -1.33. The van der Waals surface area contributed by atoms with Gasteiger partial charge >= 0.3 is 5.97 Å². The van der Waals surface area contributed by atoms with Crippen LogP contribution in [0.4, 0.5) is 0 Å². The smallest absolute Gasteiger partial charge is 0.352 e. The van der Waals surface area contributed by atoms with E-state index in [1.807, 2.05) is 0 Å². The zero-order valence-electron chi connectivity index (χ0n) is 12.7. The number of hydrogen-bond donors (Lipinski definition) is 3. The van der Waals surface area contributed by atoms with Crippen molar-refractivity contribution in [2.24, 2.45) is 0 Å². The van der Waals surface area contributed by atoms with Gasteiger partial charge in [0, 0.05) is 19.3 Å². The molecule has 116 valence electrons. The van der Waals surface area contributed by atoms with Crippen LogP contribution < -0.4 is 0 Å². The lowest BCUT2D eigenvalue weighted by Gasteiger charge is -2.28. The number of carboxylic acid groups (broad SMARTS) is 1. The first-order valence-electron chi connectivity index (χ1n) is 7.15. The third-order valence-electron chi connectivity index (χ3n) is 4.28. The molecule has 6 nitrogen and oxygen atoms in total. The minimum Gasteiger partial charge on any atom is -0.477 e. The molecule has 6 heteroatoms. The Kier molecular flexibility index (Phi) is 4.09. The summed E-state index contributed by atoms with van der Waals surface area (Å²) in [5.41, 5.74) is 0.605. The van der Waals surface area contributed by atoms with Gasteiger partial charge in [0.15, 0.2) is 0 Å². The highest BCUT2D eigenvalue weighted by Gasteiger charge is 2.34. The van der Waals surface area contributed by atoms with Crippen LogP contribution in [0.2, 0.25) is 0 Å². The van der Waals surface area contributed by atoms with E-state index in [9.17, 15) is 14.7 Å². The van der Waals surface area contributed by atoms with E-state index < -0.39 is 11.6 Å². The van der Waals surface area contributed by atoms with Gasteiger partial charge in [-0.15, -0.1) is 0 Å². The second-order valence-corrected chi connectivity index (χ2v) is 6.02. The summed E-state index contributed by atoms with van der Waals surface area (Å²) in [6, 6.07) is 0. The minimum absolute atomic E-state index is 0.0452. The average Bonchev–Trinajstić information content (AvgIpc) is 2.93. The van der Waals surface area contributed by atoms with E-state index in [0.29, 0.717) is 29.7 Å². The number of likely N-dealkylation sites (N-methyl/N-ethyl adjacent to an activating group) is 1. The third-order valence-corrected chi connectivity index (χ3v) is 4.28. The monoisotopic (exact) mass is 294 g/mol. The van der Waals surface area contributed by atoms with Gasteiger partial charge in [-0.05, 0) is 32.3 Å². The van der Waals surface area contributed by atoms with Gasteiger partial charge in [0.25, 0.3) is 5.91 Å². The van der Waals surface area contributed by atoms with Crippen LogP contribution in [-0.4, -0.2) is 51.2 Å². The number of aromatic nitrogens is 1. The number of carbonyl (C=O) groups is 2. The zero-order chi connectivity index (χ0) is 15.8. The molecule has 1 aromatic heterocycles. The number of aliphatic hydroxyl groups is 1. The van der Waals surface area contributed by atoms with Crippen molar-refractivity contribution in [3.63, 3.8) is 0 Å². The fraction of sp³-hybridized carbons (Fsp3) is 0.600. The zero-order valence-corrected chi connectivity index (χ0v) is 12.7. The Morgan fingerprint density at radius 3 is 2.33 bits per heavy atom. The highest BCUT2D eigenvalue weighted by molar-refractivity contribution is 6.00. The van der Waals surface area contributed by atoms with Crippen molar-refractivity contribution in [2.45, 2.75) is 45.1 Å². The number of amides is 1. The van der Waals surface area contributed by atoms with E-state index in [2.05, 4.69) is 4.98 Å².